The van der Waals surface area contributed by atoms with Crippen molar-refractivity contribution in [2.75, 3.05) is 16.9 Å². The maximum atomic E-state index is 12.1. The van der Waals surface area contributed by atoms with E-state index in [9.17, 15) is 4.79 Å². The van der Waals surface area contributed by atoms with E-state index in [1.54, 1.807) is 6.07 Å². The lowest BCUT2D eigenvalue weighted by atomic mass is 10.0. The van der Waals surface area contributed by atoms with Crippen LogP contribution in [-0.4, -0.2) is 18.2 Å². The lowest BCUT2D eigenvalue weighted by molar-refractivity contribution is -0.111. The van der Waals surface area contributed by atoms with Gasteiger partial charge in [-0.15, -0.1) is 0 Å². The molecule has 0 saturated carbocycles. The van der Waals surface area contributed by atoms with E-state index in [-0.39, 0.29) is 5.78 Å². The normalized spacial score (nSPS) is 14.3. The molecule has 1 aliphatic rings. The van der Waals surface area contributed by atoms with Crippen molar-refractivity contribution in [1.29, 1.82) is 0 Å². The van der Waals surface area contributed by atoms with Crippen LogP contribution in [0.3, 0.4) is 0 Å². The molecule has 0 saturated heterocycles. The largest absolute Gasteiger partial charge is 0.322 e. The first kappa shape index (κ1) is 15.6. The van der Waals surface area contributed by atoms with Gasteiger partial charge in [0.25, 0.3) is 0 Å². The Labute approximate surface area is 140 Å². The lowest BCUT2D eigenvalue weighted by Crippen LogP contribution is -2.39. The van der Waals surface area contributed by atoms with Crippen molar-refractivity contribution < 1.29 is 4.79 Å². The van der Waals surface area contributed by atoms with Gasteiger partial charge in [0.15, 0.2) is 11.6 Å². The molecule has 0 bridgehead atoms. The van der Waals surface area contributed by atoms with Crippen molar-refractivity contribution in [1.82, 2.24) is 0 Å². The highest BCUT2D eigenvalue weighted by molar-refractivity contribution is 6.43. The van der Waals surface area contributed by atoms with Gasteiger partial charge in [-0.05, 0) is 36.6 Å². The molecule has 118 valence electrons. The number of rotatable bonds is 3. The van der Waals surface area contributed by atoms with Crippen LogP contribution in [0.25, 0.3) is 0 Å². The number of fused-ring (bicyclic) bond motifs is 1. The van der Waals surface area contributed by atoms with Crippen molar-refractivity contribution in [2.45, 2.75) is 19.8 Å². The Morgan fingerprint density at radius 2 is 1.91 bits per heavy atom. The summed E-state index contributed by atoms with van der Waals surface area (Å²) in [4.78, 5) is 14.1. The van der Waals surface area contributed by atoms with Crippen molar-refractivity contribution in [2.24, 2.45) is 5.10 Å². The summed E-state index contributed by atoms with van der Waals surface area (Å²) in [6.45, 7) is 2.31. The van der Waals surface area contributed by atoms with Crippen molar-refractivity contribution >= 4 is 34.6 Å². The second kappa shape index (κ2) is 6.84. The summed E-state index contributed by atoms with van der Waals surface area (Å²) >= 11 is 6.12. The van der Waals surface area contributed by atoms with Gasteiger partial charge < -0.3 is 4.90 Å². The molecule has 0 aliphatic carbocycles. The highest BCUT2D eigenvalue weighted by atomic mass is 35.5. The van der Waals surface area contributed by atoms with Crippen molar-refractivity contribution in [3.63, 3.8) is 0 Å². The Morgan fingerprint density at radius 1 is 1.17 bits per heavy atom. The minimum atomic E-state index is -0.0822. The highest BCUT2D eigenvalue weighted by Crippen LogP contribution is 2.27. The van der Waals surface area contributed by atoms with Crippen LogP contribution in [-0.2, 0) is 11.2 Å². The fourth-order valence-electron chi connectivity index (χ4n) is 2.75. The molecule has 2 aromatic rings. The zero-order chi connectivity index (χ0) is 16.2. The minimum absolute atomic E-state index is 0.0822. The first-order valence-electron chi connectivity index (χ1n) is 7.61. The third kappa shape index (κ3) is 3.37. The molecule has 0 aromatic heterocycles. The van der Waals surface area contributed by atoms with Gasteiger partial charge in [0.1, 0.15) is 0 Å². The number of hydrogen-bond donors (Lipinski definition) is 1. The third-order valence-electron chi connectivity index (χ3n) is 3.84. The average Bonchev–Trinajstić information content (AvgIpc) is 2.56. The van der Waals surface area contributed by atoms with E-state index < -0.39 is 0 Å². The van der Waals surface area contributed by atoms with Gasteiger partial charge >= 0.3 is 0 Å². The predicted octanol–water partition coefficient (Wildman–Crippen LogP) is 4.11. The molecule has 0 radical (unpaired) electrons. The molecule has 1 heterocycles. The number of aryl methyl sites for hydroxylation is 1. The lowest BCUT2D eigenvalue weighted by Gasteiger charge is -2.30. The Balaban J connectivity index is 1.93. The number of carbonyl (C=O) groups is 1. The molecular weight excluding hydrogens is 310 g/mol. The first-order chi connectivity index (χ1) is 11.2. The van der Waals surface area contributed by atoms with Crippen LogP contribution >= 0.6 is 11.6 Å². The number of nitrogens with zero attached hydrogens (tertiary/aromatic N) is 2. The summed E-state index contributed by atoms with van der Waals surface area (Å²) in [5.41, 5.74) is 5.89. The highest BCUT2D eigenvalue weighted by Gasteiger charge is 2.23. The second-order valence-electron chi connectivity index (χ2n) is 5.47. The Morgan fingerprint density at radius 3 is 2.70 bits per heavy atom. The summed E-state index contributed by atoms with van der Waals surface area (Å²) in [6, 6.07) is 15.5. The minimum Gasteiger partial charge on any atom is -0.322 e. The van der Waals surface area contributed by atoms with E-state index in [0.29, 0.717) is 16.5 Å². The van der Waals surface area contributed by atoms with Crippen LogP contribution in [0.2, 0.25) is 5.02 Å². The molecule has 0 atom stereocenters. The standard InChI is InChI=1S/C18H18ClN3O/c1-13(23)18(21-20-16-10-4-3-9-15(16)19)22-12-6-8-14-7-2-5-11-17(14)22/h2-5,7,9-11,20H,6,8,12H2,1H3/b21-18-. The molecule has 0 fully saturated rings. The van der Waals surface area contributed by atoms with E-state index in [1.807, 2.05) is 41.3 Å². The SMILES string of the molecule is CC(=O)/C(=N/Nc1ccccc1Cl)N1CCCc2ccccc21. The molecule has 5 heteroatoms. The number of benzene rings is 2. The zero-order valence-corrected chi connectivity index (χ0v) is 13.7. The van der Waals surface area contributed by atoms with Crippen LogP contribution in [0.5, 0.6) is 0 Å². The van der Waals surface area contributed by atoms with E-state index in [2.05, 4.69) is 16.6 Å². The van der Waals surface area contributed by atoms with Gasteiger partial charge in [0.05, 0.1) is 10.7 Å². The number of anilines is 2. The van der Waals surface area contributed by atoms with E-state index >= 15 is 0 Å². The zero-order valence-electron chi connectivity index (χ0n) is 12.9. The number of hydrazone groups is 1. The van der Waals surface area contributed by atoms with E-state index in [1.165, 1.54) is 12.5 Å². The number of para-hydroxylation sites is 2. The van der Waals surface area contributed by atoms with Crippen molar-refractivity contribution in [3.8, 4) is 0 Å². The second-order valence-corrected chi connectivity index (χ2v) is 5.87. The molecule has 3 rings (SSSR count). The van der Waals surface area contributed by atoms with Gasteiger partial charge in [0.2, 0.25) is 0 Å². The van der Waals surface area contributed by atoms with Crippen LogP contribution < -0.4 is 10.3 Å². The van der Waals surface area contributed by atoms with E-state index in [0.717, 1.165) is 25.1 Å². The Hall–Kier alpha value is -2.33. The molecule has 0 unspecified atom stereocenters. The van der Waals surface area contributed by atoms with Crippen LogP contribution in [0.4, 0.5) is 11.4 Å². The van der Waals surface area contributed by atoms with Gasteiger partial charge in [-0.1, -0.05) is 41.9 Å². The molecular formula is C18H18ClN3O. The predicted molar refractivity (Wildman–Crippen MR) is 95.3 cm³/mol. The number of carbonyl (C=O) groups excluding carboxylic acids is 1. The van der Waals surface area contributed by atoms with Gasteiger partial charge in [-0.2, -0.15) is 5.10 Å². The number of amidine groups is 1. The van der Waals surface area contributed by atoms with Crippen LogP contribution in [0.1, 0.15) is 18.9 Å². The maximum absolute atomic E-state index is 12.1. The maximum Gasteiger partial charge on any atom is 0.197 e. The van der Waals surface area contributed by atoms with E-state index in [4.69, 9.17) is 11.6 Å². The summed E-state index contributed by atoms with van der Waals surface area (Å²) in [6.07, 6.45) is 2.02. The molecule has 0 spiro atoms. The molecule has 4 nitrogen and oxygen atoms in total. The monoisotopic (exact) mass is 327 g/mol. The quantitative estimate of drug-likeness (QED) is 0.524. The summed E-state index contributed by atoms with van der Waals surface area (Å²) in [7, 11) is 0. The first-order valence-corrected chi connectivity index (χ1v) is 7.99. The topological polar surface area (TPSA) is 44.7 Å². The summed E-state index contributed by atoms with van der Waals surface area (Å²) in [5, 5.41) is 4.90. The fraction of sp³-hybridized carbons (Fsp3) is 0.222. The number of Topliss-reactive ketones (excluding diaryl/α,β-unsaturated/α-hetero) is 1. The van der Waals surface area contributed by atoms with Crippen LogP contribution in [0, 0.1) is 0 Å². The molecule has 1 N–H and O–H groups in total. The number of halogens is 1. The molecule has 23 heavy (non-hydrogen) atoms. The summed E-state index contributed by atoms with van der Waals surface area (Å²) in [5.74, 6) is 0.318. The fourth-order valence-corrected chi connectivity index (χ4v) is 2.93. The van der Waals surface area contributed by atoms with Gasteiger partial charge in [0, 0.05) is 19.2 Å². The van der Waals surface area contributed by atoms with Crippen molar-refractivity contribution in [3.05, 3.63) is 59.1 Å². The molecule has 0 amide bonds. The molecule has 1 aliphatic heterocycles. The summed E-state index contributed by atoms with van der Waals surface area (Å²) < 4.78 is 0. The average molecular weight is 328 g/mol. The smallest absolute Gasteiger partial charge is 0.197 e. The van der Waals surface area contributed by atoms with Gasteiger partial charge in [-0.25, -0.2) is 0 Å². The Bertz CT molecular complexity index is 757. The van der Waals surface area contributed by atoms with Gasteiger partial charge in [-0.3, -0.25) is 10.2 Å². The number of ketones is 1. The molecule has 2 aromatic carbocycles. The van der Waals surface area contributed by atoms with Crippen LogP contribution in [0.15, 0.2) is 53.6 Å². The number of hydrogen-bond acceptors (Lipinski definition) is 3. The Kier molecular flexibility index (Phi) is 4.63. The number of nitrogens with one attached hydrogen (secondary N) is 1. The third-order valence-corrected chi connectivity index (χ3v) is 4.17.